The number of fused-ring (bicyclic) bond motifs is 3. The van der Waals surface area contributed by atoms with E-state index >= 15 is 0 Å². The van der Waals surface area contributed by atoms with Crippen molar-refractivity contribution in [3.05, 3.63) is 59.7 Å². The fourth-order valence-electron chi connectivity index (χ4n) is 6.43. The lowest BCUT2D eigenvalue weighted by Gasteiger charge is -2.14. The summed E-state index contributed by atoms with van der Waals surface area (Å²) < 4.78 is 55.5. The molecule has 12 nitrogen and oxygen atoms in total. The molecule has 1 N–H and O–H groups in total. The Morgan fingerprint density at radius 1 is 0.439 bits per heavy atom. The monoisotopic (exact) mass is 804 g/mol. The Hall–Kier alpha value is -2.65. The topological polar surface area (TPSA) is 121 Å². The number of unbranched alkanes of at least 4 members (excludes halogenated alkanes) is 9. The molecule has 324 valence electrons. The molecule has 1 aliphatic rings. The lowest BCUT2D eigenvalue weighted by Crippen LogP contribution is -2.29. The van der Waals surface area contributed by atoms with Gasteiger partial charge in [-0.15, -0.1) is 0 Å². The molecule has 0 aliphatic heterocycles. The molecule has 1 aliphatic carbocycles. The second kappa shape index (κ2) is 35.3. The van der Waals surface area contributed by atoms with E-state index < -0.39 is 6.09 Å². The number of hydrogen-bond acceptors (Lipinski definition) is 11. The summed E-state index contributed by atoms with van der Waals surface area (Å²) in [5, 5.41) is 2.75. The van der Waals surface area contributed by atoms with Crippen LogP contribution in [0.4, 0.5) is 4.79 Å². The first-order valence-electron chi connectivity index (χ1n) is 21.6. The van der Waals surface area contributed by atoms with Gasteiger partial charge in [-0.1, -0.05) is 113 Å². The number of benzene rings is 2. The number of alkyl carbamates (subject to hydrolysis) is 1. The molecule has 57 heavy (non-hydrogen) atoms. The highest BCUT2D eigenvalue weighted by molar-refractivity contribution is 5.79. The third kappa shape index (κ3) is 24.1. The van der Waals surface area contributed by atoms with Crippen LogP contribution in [0.2, 0.25) is 0 Å². The van der Waals surface area contributed by atoms with Gasteiger partial charge in [0.2, 0.25) is 0 Å². The minimum absolute atomic E-state index is 0.0402. The molecular weight excluding hydrogens is 730 g/mol. The Morgan fingerprint density at radius 2 is 0.772 bits per heavy atom. The van der Waals surface area contributed by atoms with E-state index in [9.17, 15) is 4.79 Å². The maximum Gasteiger partial charge on any atom is 0.407 e. The van der Waals surface area contributed by atoms with Crippen LogP contribution in [-0.2, 0) is 47.4 Å². The van der Waals surface area contributed by atoms with Gasteiger partial charge in [0, 0.05) is 19.1 Å². The van der Waals surface area contributed by atoms with Crippen LogP contribution in [0.15, 0.2) is 48.5 Å². The molecule has 0 spiro atoms. The molecular formula is C45H73NO11. The molecule has 2 aromatic carbocycles. The summed E-state index contributed by atoms with van der Waals surface area (Å²) in [5.74, 6) is 0.0402. The molecule has 0 fully saturated rings. The van der Waals surface area contributed by atoms with E-state index in [1.54, 1.807) is 0 Å². The van der Waals surface area contributed by atoms with Crippen LogP contribution in [-0.4, -0.2) is 138 Å². The van der Waals surface area contributed by atoms with Gasteiger partial charge in [-0.25, -0.2) is 4.79 Å². The zero-order valence-corrected chi connectivity index (χ0v) is 34.9. The summed E-state index contributed by atoms with van der Waals surface area (Å²) >= 11 is 0. The summed E-state index contributed by atoms with van der Waals surface area (Å²) in [5.41, 5.74) is 4.79. The zero-order valence-electron chi connectivity index (χ0n) is 34.9. The highest BCUT2D eigenvalue weighted by atomic mass is 16.6. The summed E-state index contributed by atoms with van der Waals surface area (Å²) in [4.78, 5) is 12.3. The Morgan fingerprint density at radius 3 is 1.18 bits per heavy atom. The Bertz CT molecular complexity index is 1190. The standard InChI is InChI=1S/C45H73NO11/c1-2-3-4-5-6-7-8-9-10-15-21-48-23-25-50-27-29-52-31-33-54-35-37-56-38-36-55-34-32-53-30-28-51-26-24-49-22-20-46-45(47)57-39-44-42-18-13-11-16-40(42)41-17-12-14-19-43(41)44/h11-14,16-19,44H,2-10,15,20-39H2,1H3,(H,46,47). The first-order valence-corrected chi connectivity index (χ1v) is 21.6. The molecule has 3 rings (SSSR count). The van der Waals surface area contributed by atoms with E-state index in [0.717, 1.165) is 13.0 Å². The molecule has 0 saturated carbocycles. The minimum Gasteiger partial charge on any atom is -0.449 e. The predicted molar refractivity (Wildman–Crippen MR) is 222 cm³/mol. The first-order chi connectivity index (χ1) is 28.3. The first kappa shape index (κ1) is 48.7. The second-order valence-corrected chi connectivity index (χ2v) is 13.9. The van der Waals surface area contributed by atoms with Gasteiger partial charge in [-0.3, -0.25) is 0 Å². The molecule has 12 heteroatoms. The van der Waals surface area contributed by atoms with Crippen LogP contribution in [0.5, 0.6) is 0 Å². The van der Waals surface area contributed by atoms with Crippen molar-refractivity contribution in [1.82, 2.24) is 5.32 Å². The summed E-state index contributed by atoms with van der Waals surface area (Å²) in [7, 11) is 0. The van der Waals surface area contributed by atoms with Crippen LogP contribution < -0.4 is 5.32 Å². The third-order valence-corrected chi connectivity index (χ3v) is 9.48. The fourth-order valence-corrected chi connectivity index (χ4v) is 6.43. The van der Waals surface area contributed by atoms with Gasteiger partial charge in [0.05, 0.1) is 112 Å². The highest BCUT2D eigenvalue weighted by Gasteiger charge is 2.28. The number of rotatable bonds is 40. The van der Waals surface area contributed by atoms with E-state index in [4.69, 9.17) is 47.4 Å². The average Bonchev–Trinajstić information content (AvgIpc) is 3.55. The van der Waals surface area contributed by atoms with Gasteiger partial charge in [0.25, 0.3) is 0 Å². The van der Waals surface area contributed by atoms with E-state index in [1.807, 2.05) is 24.3 Å². The van der Waals surface area contributed by atoms with Gasteiger partial charge >= 0.3 is 6.09 Å². The Labute approximate surface area is 342 Å². The molecule has 0 atom stereocenters. The normalized spacial score (nSPS) is 12.2. The minimum atomic E-state index is -0.448. The quantitative estimate of drug-likeness (QED) is 0.0671. The summed E-state index contributed by atoms with van der Waals surface area (Å²) in [6.45, 7) is 12.4. The van der Waals surface area contributed by atoms with Crippen LogP contribution >= 0.6 is 0 Å². The number of carbonyl (C=O) groups is 1. The van der Waals surface area contributed by atoms with E-state index in [2.05, 4.69) is 36.5 Å². The van der Waals surface area contributed by atoms with Crippen molar-refractivity contribution in [2.24, 2.45) is 0 Å². The number of ether oxygens (including phenoxy) is 10. The molecule has 2 aromatic rings. The summed E-state index contributed by atoms with van der Waals surface area (Å²) in [6.07, 6.45) is 12.9. The molecule has 0 bridgehead atoms. The van der Waals surface area contributed by atoms with Gasteiger partial charge in [-0.05, 0) is 28.7 Å². The van der Waals surface area contributed by atoms with Crippen LogP contribution in [0.25, 0.3) is 11.1 Å². The third-order valence-electron chi connectivity index (χ3n) is 9.48. The average molecular weight is 804 g/mol. The van der Waals surface area contributed by atoms with Gasteiger partial charge in [0.15, 0.2) is 0 Å². The maximum atomic E-state index is 12.3. The highest BCUT2D eigenvalue weighted by Crippen LogP contribution is 2.44. The Balaban J connectivity index is 0.931. The SMILES string of the molecule is CCCCCCCCCCCCOCCOCCOCCOCCOCCOCCOCCOCCOCCNC(=O)OCC1c2ccccc2-c2ccccc21. The molecule has 0 radical (unpaired) electrons. The van der Waals surface area contributed by atoms with Crippen LogP contribution in [0.3, 0.4) is 0 Å². The number of amides is 1. The van der Waals surface area contributed by atoms with E-state index in [1.165, 1.54) is 80.0 Å². The number of nitrogens with one attached hydrogen (secondary N) is 1. The maximum absolute atomic E-state index is 12.3. The van der Waals surface area contributed by atoms with Crippen molar-refractivity contribution in [3.8, 4) is 11.1 Å². The van der Waals surface area contributed by atoms with Crippen molar-refractivity contribution in [1.29, 1.82) is 0 Å². The molecule has 0 unspecified atom stereocenters. The van der Waals surface area contributed by atoms with Crippen LogP contribution in [0, 0.1) is 0 Å². The fraction of sp³-hybridized carbons (Fsp3) is 0.711. The lowest BCUT2D eigenvalue weighted by molar-refractivity contribution is -0.0249. The predicted octanol–water partition coefficient (Wildman–Crippen LogP) is 7.60. The number of hydrogen-bond donors (Lipinski definition) is 1. The molecule has 0 aromatic heterocycles. The molecule has 0 heterocycles. The van der Waals surface area contributed by atoms with E-state index in [0.29, 0.717) is 125 Å². The van der Waals surface area contributed by atoms with Gasteiger partial charge in [0.1, 0.15) is 6.61 Å². The largest absolute Gasteiger partial charge is 0.449 e. The van der Waals surface area contributed by atoms with Gasteiger partial charge in [-0.2, -0.15) is 0 Å². The molecule has 1 amide bonds. The second-order valence-electron chi connectivity index (χ2n) is 13.9. The smallest absolute Gasteiger partial charge is 0.407 e. The lowest BCUT2D eigenvalue weighted by atomic mass is 9.98. The number of carbonyl (C=O) groups excluding carboxylic acids is 1. The van der Waals surface area contributed by atoms with Crippen molar-refractivity contribution in [2.75, 3.05) is 132 Å². The van der Waals surface area contributed by atoms with Crippen LogP contribution in [0.1, 0.15) is 88.2 Å². The zero-order chi connectivity index (χ0) is 40.1. The van der Waals surface area contributed by atoms with Crippen molar-refractivity contribution in [2.45, 2.75) is 77.0 Å². The van der Waals surface area contributed by atoms with Crippen molar-refractivity contribution >= 4 is 6.09 Å². The Kier molecular flexibility index (Phi) is 30.2. The van der Waals surface area contributed by atoms with Crippen molar-refractivity contribution < 1.29 is 52.2 Å². The molecule has 0 saturated heterocycles. The summed E-state index contributed by atoms with van der Waals surface area (Å²) in [6, 6.07) is 16.5. The van der Waals surface area contributed by atoms with Gasteiger partial charge < -0.3 is 52.7 Å². The van der Waals surface area contributed by atoms with E-state index in [-0.39, 0.29) is 5.92 Å². The van der Waals surface area contributed by atoms with Crippen molar-refractivity contribution in [3.63, 3.8) is 0 Å².